The smallest absolute Gasteiger partial charge is 0.863 e. The maximum atomic E-state index is 11.1. The van der Waals surface area contributed by atoms with Gasteiger partial charge in [0.05, 0.1) is 98.0 Å². The molecule has 2 N–H and O–H groups in total. The SMILES string of the molecule is O.O=[N+]([O-])c1cc([N+](=O)[O-])c([O-])c([N+](=O)[O-])c1.O=[N+]([O-])c1cc([N+](=O)[O-])c([O-])c([N+](=O)[O-])c1.O=[N+]([O-])c1cc([N+](=O)[O-])c([O-])c([N+](=O)[O-])c1.[Fe+3]. The normalized spacial score (nSPS) is 9.36. The molecule has 0 aliphatic heterocycles. The van der Waals surface area contributed by atoms with Crippen LogP contribution in [0.2, 0.25) is 0 Å². The first-order valence-electron chi connectivity index (χ1n) is 10.9. The number of hydrogen-bond acceptors (Lipinski definition) is 21. The van der Waals surface area contributed by atoms with Crippen LogP contribution in [0.25, 0.3) is 0 Å². The van der Waals surface area contributed by atoms with Crippen molar-refractivity contribution in [3.8, 4) is 17.2 Å². The molecule has 265 valence electrons. The summed E-state index contributed by atoms with van der Waals surface area (Å²) >= 11 is 0. The predicted molar refractivity (Wildman–Crippen MR) is 141 cm³/mol. The maximum absolute atomic E-state index is 11.1. The second kappa shape index (κ2) is 17.7. The molecule has 0 atom stereocenters. The minimum Gasteiger partial charge on any atom is -0.863 e. The van der Waals surface area contributed by atoms with Crippen molar-refractivity contribution >= 4 is 51.2 Å². The van der Waals surface area contributed by atoms with E-state index in [0.29, 0.717) is 36.4 Å². The minimum absolute atomic E-state index is 0. The fourth-order valence-corrected chi connectivity index (χ4v) is 2.88. The number of hydrogen-bond donors (Lipinski definition) is 0. The van der Waals surface area contributed by atoms with E-state index in [-0.39, 0.29) is 22.5 Å². The molecule has 0 saturated carbocycles. The Hall–Kier alpha value is -7.86. The molecule has 0 amide bonds. The second-order valence-corrected chi connectivity index (χ2v) is 7.75. The van der Waals surface area contributed by atoms with Gasteiger partial charge in [-0.15, -0.1) is 0 Å². The van der Waals surface area contributed by atoms with E-state index < -0.39 is 113 Å². The molecule has 0 aliphatic rings. The zero-order chi connectivity index (χ0) is 37.4. The van der Waals surface area contributed by atoms with Gasteiger partial charge in [-0.2, -0.15) is 0 Å². The summed E-state index contributed by atoms with van der Waals surface area (Å²) in [6, 6.07) is 2.31. The van der Waals surface area contributed by atoms with Crippen molar-refractivity contribution in [3.63, 3.8) is 0 Å². The van der Waals surface area contributed by atoms with Gasteiger partial charge in [-0.05, 0) is 0 Å². The predicted octanol–water partition coefficient (Wildman–Crippen LogP) is 0.627. The summed E-state index contributed by atoms with van der Waals surface area (Å²) in [7, 11) is 0. The van der Waals surface area contributed by atoms with Crippen LogP contribution in [0.15, 0.2) is 36.4 Å². The Morgan fingerprint density at radius 2 is 0.420 bits per heavy atom. The number of nitro benzene ring substituents is 9. The molecular weight excluding hydrogens is 750 g/mol. The molecule has 50 heavy (non-hydrogen) atoms. The third-order valence-electron chi connectivity index (χ3n) is 4.92. The zero-order valence-corrected chi connectivity index (χ0v) is 24.0. The van der Waals surface area contributed by atoms with E-state index in [4.69, 9.17) is 0 Å². The van der Waals surface area contributed by atoms with Gasteiger partial charge in [-0.25, -0.2) is 0 Å². The third-order valence-corrected chi connectivity index (χ3v) is 4.92. The summed E-state index contributed by atoms with van der Waals surface area (Å²) in [5, 5.41) is 126. The van der Waals surface area contributed by atoms with Crippen molar-refractivity contribution < 1.29 is 82.2 Å². The van der Waals surface area contributed by atoms with Gasteiger partial charge >= 0.3 is 17.1 Å². The summed E-state index contributed by atoms with van der Waals surface area (Å²) < 4.78 is 0. The topological polar surface area (TPSA) is 489 Å². The Morgan fingerprint density at radius 1 is 0.300 bits per heavy atom. The van der Waals surface area contributed by atoms with Crippen LogP contribution in [-0.2, 0) is 17.1 Å². The van der Waals surface area contributed by atoms with Crippen LogP contribution in [-0.4, -0.2) is 49.8 Å². The van der Waals surface area contributed by atoms with Crippen LogP contribution in [0.4, 0.5) is 51.2 Å². The first-order valence-corrected chi connectivity index (χ1v) is 10.9. The quantitative estimate of drug-likeness (QED) is 0.164. The Morgan fingerprint density at radius 3 is 0.500 bits per heavy atom. The number of nitrogens with zero attached hydrogens (tertiary/aromatic N) is 9. The van der Waals surface area contributed by atoms with Crippen LogP contribution < -0.4 is 15.3 Å². The van der Waals surface area contributed by atoms with Gasteiger partial charge < -0.3 is 20.8 Å². The molecule has 3 aromatic carbocycles. The molecule has 31 nitrogen and oxygen atoms in total. The van der Waals surface area contributed by atoms with Gasteiger partial charge in [0.1, 0.15) is 0 Å². The van der Waals surface area contributed by atoms with Crippen LogP contribution in [0.5, 0.6) is 17.2 Å². The fourth-order valence-electron chi connectivity index (χ4n) is 2.88. The van der Waals surface area contributed by atoms with Crippen LogP contribution in [0.3, 0.4) is 0 Å². The van der Waals surface area contributed by atoms with Gasteiger partial charge in [0.15, 0.2) is 0 Å². The molecule has 0 aliphatic carbocycles. The van der Waals surface area contributed by atoms with Gasteiger partial charge in [-0.3, -0.25) is 91.0 Å². The summed E-state index contributed by atoms with van der Waals surface area (Å²) in [6.07, 6.45) is 0. The minimum atomic E-state index is -1.46. The number of nitro groups is 9. The van der Waals surface area contributed by atoms with E-state index in [9.17, 15) is 106 Å². The van der Waals surface area contributed by atoms with Gasteiger partial charge in [0, 0.05) is 0 Å². The molecule has 3 rings (SSSR count). The summed E-state index contributed by atoms with van der Waals surface area (Å²) in [6.45, 7) is 0. The molecule has 0 saturated heterocycles. The van der Waals surface area contributed by atoms with E-state index in [1.807, 2.05) is 0 Å². The largest absolute Gasteiger partial charge is 3.00 e. The summed E-state index contributed by atoms with van der Waals surface area (Å²) in [5.74, 6) is -4.37. The van der Waals surface area contributed by atoms with Crippen molar-refractivity contribution in [2.45, 2.75) is 0 Å². The Labute approximate surface area is 278 Å². The number of benzene rings is 3. The maximum Gasteiger partial charge on any atom is 3.00 e. The van der Waals surface area contributed by atoms with Crippen LogP contribution in [0.1, 0.15) is 0 Å². The van der Waals surface area contributed by atoms with E-state index in [2.05, 4.69) is 0 Å². The first kappa shape index (κ1) is 44.3. The van der Waals surface area contributed by atoms with E-state index >= 15 is 0 Å². The number of rotatable bonds is 9. The van der Waals surface area contributed by atoms with Crippen molar-refractivity contribution in [2.24, 2.45) is 0 Å². The standard InChI is InChI=1S/3C6H3N3O7.Fe.H2O/c3*10-6-4(8(13)14)1-3(7(11)12)2-5(6)9(15)16;;/h3*1-2,10H;;1H2/q;;;+3;/p-3. The third kappa shape index (κ3) is 10.6. The Balaban J connectivity index is 0. The first-order chi connectivity index (χ1) is 22.0. The molecule has 1 radical (unpaired) electrons. The van der Waals surface area contributed by atoms with E-state index in [1.165, 1.54) is 0 Å². The van der Waals surface area contributed by atoms with Crippen LogP contribution in [0, 0.1) is 91.0 Å². The monoisotopic (exact) mass is 758 g/mol. The molecule has 3 aromatic rings. The Bertz CT molecular complexity index is 1610. The van der Waals surface area contributed by atoms with Gasteiger partial charge in [0.2, 0.25) is 0 Å². The van der Waals surface area contributed by atoms with Gasteiger partial charge in [0.25, 0.3) is 51.2 Å². The van der Waals surface area contributed by atoms with Crippen molar-refractivity contribution in [2.75, 3.05) is 0 Å². The van der Waals surface area contributed by atoms with Crippen LogP contribution >= 0.6 is 0 Å². The molecule has 32 heteroatoms. The molecular formula is C18H8FeN9O22. The van der Waals surface area contributed by atoms with Crippen molar-refractivity contribution in [1.29, 1.82) is 0 Å². The molecule has 0 heterocycles. The molecule has 0 spiro atoms. The average Bonchev–Trinajstić information content (AvgIpc) is 2.96. The summed E-state index contributed by atoms with van der Waals surface area (Å²) in [5.41, 5.74) is -9.79. The van der Waals surface area contributed by atoms with Crippen molar-refractivity contribution in [3.05, 3.63) is 127 Å². The fraction of sp³-hybridized carbons (Fsp3) is 0. The molecule has 0 aromatic heterocycles. The molecule has 0 fully saturated rings. The zero-order valence-electron chi connectivity index (χ0n) is 22.9. The average molecular weight is 758 g/mol. The second-order valence-electron chi connectivity index (χ2n) is 7.75. The molecule has 0 bridgehead atoms. The molecule has 0 unspecified atom stereocenters. The number of non-ortho nitro benzene ring substituents is 3. The summed E-state index contributed by atoms with van der Waals surface area (Å²) in [4.78, 5) is 82.5. The van der Waals surface area contributed by atoms with E-state index in [1.54, 1.807) is 0 Å². The van der Waals surface area contributed by atoms with E-state index in [0.717, 1.165) is 0 Å². The van der Waals surface area contributed by atoms with Crippen molar-refractivity contribution in [1.82, 2.24) is 0 Å². The van der Waals surface area contributed by atoms with Gasteiger partial charge in [-0.1, -0.05) is 0 Å². The Kier molecular flexibility index (Phi) is 15.7.